The van der Waals surface area contributed by atoms with E-state index in [2.05, 4.69) is 15.9 Å². The molecule has 0 aliphatic rings. The van der Waals surface area contributed by atoms with Gasteiger partial charge >= 0.3 is 12.4 Å². The van der Waals surface area contributed by atoms with Crippen LogP contribution in [0.15, 0.2) is 12.1 Å². The van der Waals surface area contributed by atoms with Gasteiger partial charge in [-0.2, -0.15) is 26.3 Å². The summed E-state index contributed by atoms with van der Waals surface area (Å²) in [7, 11) is 0. The molecule has 0 saturated carbocycles. The van der Waals surface area contributed by atoms with Crippen LogP contribution in [0.3, 0.4) is 0 Å². The van der Waals surface area contributed by atoms with Gasteiger partial charge in [-0.3, -0.25) is 0 Å². The smallest absolute Gasteiger partial charge is 0.166 e. The van der Waals surface area contributed by atoms with Gasteiger partial charge in [0.1, 0.15) is 0 Å². The van der Waals surface area contributed by atoms with E-state index in [9.17, 15) is 26.3 Å². The average Bonchev–Trinajstić information content (AvgIpc) is 2.24. The van der Waals surface area contributed by atoms with Gasteiger partial charge in [-0.25, -0.2) is 0 Å². The van der Waals surface area contributed by atoms with Crippen molar-refractivity contribution >= 4 is 15.9 Å². The van der Waals surface area contributed by atoms with E-state index < -0.39 is 23.5 Å². The van der Waals surface area contributed by atoms with E-state index in [1.54, 1.807) is 0 Å². The summed E-state index contributed by atoms with van der Waals surface area (Å²) in [6.45, 7) is 1.47. The van der Waals surface area contributed by atoms with Gasteiger partial charge in [0.2, 0.25) is 0 Å². The minimum absolute atomic E-state index is 0.0208. The minimum atomic E-state index is -4.80. The fourth-order valence-electron chi connectivity index (χ4n) is 1.63. The van der Waals surface area contributed by atoms with E-state index in [0.717, 1.165) is 6.07 Å². The molecule has 0 radical (unpaired) electrons. The second-order valence-corrected chi connectivity index (χ2v) is 4.21. The van der Waals surface area contributed by atoms with Crippen LogP contribution >= 0.6 is 15.9 Å². The summed E-state index contributed by atoms with van der Waals surface area (Å²) >= 11 is 2.86. The number of benzene rings is 1. The summed E-state index contributed by atoms with van der Waals surface area (Å²) in [6.07, 6.45) is -9.56. The Labute approximate surface area is 108 Å². The maximum atomic E-state index is 12.7. The van der Waals surface area contributed by atoms with Crippen LogP contribution in [0.4, 0.5) is 26.3 Å². The Bertz CT molecular complexity index is 395. The van der Waals surface area contributed by atoms with Crippen molar-refractivity contribution in [1.82, 2.24) is 0 Å². The molecule has 1 rings (SSSR count). The van der Waals surface area contributed by atoms with Crippen molar-refractivity contribution < 1.29 is 26.3 Å². The molecular formula is C11H9BrF6. The van der Waals surface area contributed by atoms with Crippen molar-refractivity contribution in [2.45, 2.75) is 31.0 Å². The summed E-state index contributed by atoms with van der Waals surface area (Å²) in [5.41, 5.74) is -2.79. The van der Waals surface area contributed by atoms with Crippen molar-refractivity contribution in [1.29, 1.82) is 0 Å². The highest BCUT2D eigenvalue weighted by Crippen LogP contribution is 2.40. The molecule has 0 amide bonds. The molecule has 0 heterocycles. The van der Waals surface area contributed by atoms with Gasteiger partial charge in [0, 0.05) is 5.33 Å². The first-order valence-electron chi connectivity index (χ1n) is 4.97. The van der Waals surface area contributed by atoms with Crippen LogP contribution in [0, 0.1) is 0 Å². The van der Waals surface area contributed by atoms with Crippen LogP contribution in [0.25, 0.3) is 0 Å². The Balaban J connectivity index is 3.55. The normalized spacial score (nSPS) is 12.9. The first-order valence-corrected chi connectivity index (χ1v) is 6.09. The third-order valence-electron chi connectivity index (χ3n) is 2.46. The maximum absolute atomic E-state index is 12.7. The molecule has 0 aliphatic heterocycles. The Hall–Kier alpha value is -0.720. The molecule has 0 unspecified atom stereocenters. The topological polar surface area (TPSA) is 0 Å². The van der Waals surface area contributed by atoms with Gasteiger partial charge in [-0.15, -0.1) is 0 Å². The molecule has 0 fully saturated rings. The molecule has 0 saturated heterocycles. The second kappa shape index (κ2) is 5.11. The van der Waals surface area contributed by atoms with Crippen molar-refractivity contribution in [2.24, 2.45) is 0 Å². The number of rotatable bonds is 2. The third-order valence-corrected chi connectivity index (χ3v) is 3.07. The van der Waals surface area contributed by atoms with E-state index >= 15 is 0 Å². The van der Waals surface area contributed by atoms with Crippen molar-refractivity contribution in [3.63, 3.8) is 0 Å². The zero-order valence-electron chi connectivity index (χ0n) is 9.21. The number of halogens is 7. The minimum Gasteiger partial charge on any atom is -0.166 e. The largest absolute Gasteiger partial charge is 0.416 e. The predicted molar refractivity (Wildman–Crippen MR) is 58.5 cm³/mol. The third kappa shape index (κ3) is 3.18. The Morgan fingerprint density at radius 1 is 0.889 bits per heavy atom. The molecule has 0 atom stereocenters. The molecule has 0 bridgehead atoms. The van der Waals surface area contributed by atoms with Crippen molar-refractivity contribution in [3.05, 3.63) is 34.4 Å². The Kier molecular flexibility index (Phi) is 4.35. The molecule has 7 heteroatoms. The lowest BCUT2D eigenvalue weighted by Gasteiger charge is -2.18. The van der Waals surface area contributed by atoms with Crippen LogP contribution in [0.5, 0.6) is 0 Å². The van der Waals surface area contributed by atoms with Gasteiger partial charge in [0.15, 0.2) is 0 Å². The van der Waals surface area contributed by atoms with Crippen LogP contribution in [0.2, 0.25) is 0 Å². The van der Waals surface area contributed by atoms with E-state index in [4.69, 9.17) is 0 Å². The van der Waals surface area contributed by atoms with Crippen LogP contribution in [-0.2, 0) is 24.1 Å². The summed E-state index contributed by atoms with van der Waals surface area (Å²) in [5, 5.41) is -0.146. The lowest BCUT2D eigenvalue weighted by Crippen LogP contribution is -2.15. The average molecular weight is 335 g/mol. The Morgan fingerprint density at radius 2 is 1.33 bits per heavy atom. The molecule has 1 aromatic rings. The van der Waals surface area contributed by atoms with E-state index in [1.165, 1.54) is 6.92 Å². The predicted octanol–water partition coefficient (Wildman–Crippen LogP) is 5.18. The quantitative estimate of drug-likeness (QED) is 0.516. The van der Waals surface area contributed by atoms with Crippen LogP contribution in [0.1, 0.15) is 29.2 Å². The zero-order valence-corrected chi connectivity index (χ0v) is 10.8. The second-order valence-electron chi connectivity index (χ2n) is 3.65. The zero-order chi connectivity index (χ0) is 14.1. The van der Waals surface area contributed by atoms with Gasteiger partial charge in [0.05, 0.1) is 11.1 Å². The molecule has 102 valence electrons. The first kappa shape index (κ1) is 15.3. The van der Waals surface area contributed by atoms with Crippen LogP contribution in [-0.4, -0.2) is 0 Å². The van der Waals surface area contributed by atoms with E-state index in [0.29, 0.717) is 0 Å². The lowest BCUT2D eigenvalue weighted by molar-refractivity contribution is -0.143. The van der Waals surface area contributed by atoms with Crippen LogP contribution < -0.4 is 0 Å². The molecule has 0 spiro atoms. The number of hydrogen-bond donors (Lipinski definition) is 0. The summed E-state index contributed by atoms with van der Waals surface area (Å²) in [4.78, 5) is 0. The standard InChI is InChI=1S/C11H9BrF6/c1-2-6-3-7(5-12)9(11(16,17)18)4-8(6)10(13,14)15/h3-4H,2,5H2,1H3. The summed E-state index contributed by atoms with van der Waals surface area (Å²) < 4.78 is 75.9. The molecule has 0 aliphatic carbocycles. The monoisotopic (exact) mass is 334 g/mol. The fourth-order valence-corrected chi connectivity index (χ4v) is 2.09. The highest BCUT2D eigenvalue weighted by molar-refractivity contribution is 9.08. The maximum Gasteiger partial charge on any atom is 0.416 e. The molecule has 0 aromatic heterocycles. The fraction of sp³-hybridized carbons (Fsp3) is 0.455. The number of aryl methyl sites for hydroxylation is 1. The van der Waals surface area contributed by atoms with Gasteiger partial charge in [0.25, 0.3) is 0 Å². The molecular weight excluding hydrogens is 326 g/mol. The van der Waals surface area contributed by atoms with Gasteiger partial charge in [-0.1, -0.05) is 28.9 Å². The van der Waals surface area contributed by atoms with E-state index in [1.807, 2.05) is 0 Å². The van der Waals surface area contributed by atoms with Gasteiger partial charge < -0.3 is 0 Å². The SMILES string of the molecule is CCc1cc(CBr)c(C(F)(F)F)cc1C(F)(F)F. The van der Waals surface area contributed by atoms with E-state index in [-0.39, 0.29) is 28.9 Å². The number of hydrogen-bond acceptors (Lipinski definition) is 0. The van der Waals surface area contributed by atoms with Crippen molar-refractivity contribution in [3.8, 4) is 0 Å². The van der Waals surface area contributed by atoms with Crippen molar-refractivity contribution in [2.75, 3.05) is 0 Å². The highest BCUT2D eigenvalue weighted by atomic mass is 79.9. The summed E-state index contributed by atoms with van der Waals surface area (Å²) in [5.74, 6) is 0. The molecule has 0 nitrogen and oxygen atoms in total. The lowest BCUT2D eigenvalue weighted by atomic mass is 9.97. The molecule has 0 N–H and O–H groups in total. The number of alkyl halides is 7. The molecule has 18 heavy (non-hydrogen) atoms. The van der Waals surface area contributed by atoms with Gasteiger partial charge in [-0.05, 0) is 23.6 Å². The Morgan fingerprint density at radius 3 is 1.67 bits per heavy atom. The summed E-state index contributed by atoms with van der Waals surface area (Å²) in [6, 6.07) is 1.15. The first-order chi connectivity index (χ1) is 8.11. The highest BCUT2D eigenvalue weighted by Gasteiger charge is 2.39. The molecule has 1 aromatic carbocycles.